The molecule has 136 valence electrons. The lowest BCUT2D eigenvalue weighted by molar-refractivity contribution is 0.414. The van der Waals surface area contributed by atoms with Crippen LogP contribution < -0.4 is 14.8 Å². The summed E-state index contributed by atoms with van der Waals surface area (Å²) in [5.74, 6) is 0.629. The Morgan fingerprint density at radius 1 is 1.04 bits per heavy atom. The van der Waals surface area contributed by atoms with Crippen LogP contribution in [0.3, 0.4) is 0 Å². The highest BCUT2D eigenvalue weighted by molar-refractivity contribution is 7.92. The third-order valence-corrected chi connectivity index (χ3v) is 5.24. The Kier molecular flexibility index (Phi) is 6.27. The minimum absolute atomic E-state index is 0.237. The smallest absolute Gasteiger partial charge is 0.262 e. The summed E-state index contributed by atoms with van der Waals surface area (Å²) in [5, 5.41) is 3.29. The summed E-state index contributed by atoms with van der Waals surface area (Å²) in [7, 11) is 1.94. The van der Waals surface area contributed by atoms with Crippen molar-refractivity contribution >= 4 is 21.4 Å². The number of ether oxygens (including phenoxy) is 1. The predicted molar refractivity (Wildman–Crippen MR) is 102 cm³/mol. The van der Waals surface area contributed by atoms with Gasteiger partial charge in [-0.3, -0.25) is 4.72 Å². The average molecular weight is 363 g/mol. The van der Waals surface area contributed by atoms with E-state index >= 15 is 0 Å². The van der Waals surface area contributed by atoms with Crippen LogP contribution in [-0.2, 0) is 10.0 Å². The van der Waals surface area contributed by atoms with Gasteiger partial charge in [0.2, 0.25) is 0 Å². The maximum Gasteiger partial charge on any atom is 0.262 e. The topological polar surface area (TPSA) is 70.7 Å². The molecule has 7 heteroatoms. The number of aryl methyl sites for hydroxylation is 1. The summed E-state index contributed by atoms with van der Waals surface area (Å²) < 4.78 is 32.9. The van der Waals surface area contributed by atoms with Crippen LogP contribution in [0.25, 0.3) is 0 Å². The molecule has 0 aromatic heterocycles. The fourth-order valence-corrected chi connectivity index (χ4v) is 3.63. The van der Waals surface area contributed by atoms with E-state index in [4.69, 9.17) is 4.74 Å². The minimum atomic E-state index is -3.64. The Bertz CT molecular complexity index is 803. The summed E-state index contributed by atoms with van der Waals surface area (Å²) in [6.07, 6.45) is 0. The Morgan fingerprint density at radius 2 is 1.68 bits per heavy atom. The van der Waals surface area contributed by atoms with Gasteiger partial charge in [-0.1, -0.05) is 0 Å². The number of nitrogens with zero attached hydrogens (tertiary/aromatic N) is 1. The zero-order valence-corrected chi connectivity index (χ0v) is 15.9. The highest BCUT2D eigenvalue weighted by Crippen LogP contribution is 2.24. The van der Waals surface area contributed by atoms with Gasteiger partial charge >= 0.3 is 0 Å². The molecule has 2 aromatic carbocycles. The van der Waals surface area contributed by atoms with Crippen LogP contribution >= 0.6 is 0 Å². The lowest BCUT2D eigenvalue weighted by atomic mass is 10.2. The molecule has 0 amide bonds. The van der Waals surface area contributed by atoms with Crippen molar-refractivity contribution in [2.24, 2.45) is 0 Å². The number of sulfonamides is 1. The number of hydrogen-bond acceptors (Lipinski definition) is 5. The van der Waals surface area contributed by atoms with Crippen molar-refractivity contribution in [2.75, 3.05) is 44.3 Å². The van der Waals surface area contributed by atoms with E-state index in [2.05, 4.69) is 14.9 Å². The van der Waals surface area contributed by atoms with E-state index in [0.29, 0.717) is 17.0 Å². The zero-order chi connectivity index (χ0) is 18.4. The first kappa shape index (κ1) is 19.1. The molecule has 0 saturated heterocycles. The summed E-state index contributed by atoms with van der Waals surface area (Å²) in [6, 6.07) is 12.1. The van der Waals surface area contributed by atoms with Crippen molar-refractivity contribution in [1.29, 1.82) is 0 Å². The van der Waals surface area contributed by atoms with Gasteiger partial charge in [0.1, 0.15) is 5.75 Å². The van der Waals surface area contributed by atoms with E-state index in [1.54, 1.807) is 44.4 Å². The fourth-order valence-electron chi connectivity index (χ4n) is 2.34. The molecule has 0 spiro atoms. The molecule has 0 saturated carbocycles. The summed E-state index contributed by atoms with van der Waals surface area (Å²) >= 11 is 0. The van der Waals surface area contributed by atoms with Gasteiger partial charge in [-0.2, -0.15) is 0 Å². The van der Waals surface area contributed by atoms with Crippen molar-refractivity contribution in [3.05, 3.63) is 48.0 Å². The SMILES string of the molecule is COc1ccc(S(=O)(=O)Nc2ccc(NCCN(C)C)cc2)c(C)c1. The number of hydrogen-bond donors (Lipinski definition) is 2. The van der Waals surface area contributed by atoms with Gasteiger partial charge in [0.15, 0.2) is 0 Å². The van der Waals surface area contributed by atoms with Gasteiger partial charge in [0, 0.05) is 24.5 Å². The van der Waals surface area contributed by atoms with Gasteiger partial charge in [0.25, 0.3) is 10.0 Å². The van der Waals surface area contributed by atoms with E-state index in [9.17, 15) is 8.42 Å². The summed E-state index contributed by atoms with van der Waals surface area (Å²) in [4.78, 5) is 2.33. The number of likely N-dealkylation sites (N-methyl/N-ethyl adjacent to an activating group) is 1. The Labute approximate surface area is 149 Å². The molecule has 0 unspecified atom stereocenters. The Hall–Kier alpha value is -2.25. The van der Waals surface area contributed by atoms with Gasteiger partial charge in [0.05, 0.1) is 12.0 Å². The van der Waals surface area contributed by atoms with Crippen LogP contribution in [-0.4, -0.2) is 47.6 Å². The van der Waals surface area contributed by atoms with Crippen LogP contribution in [0, 0.1) is 6.92 Å². The van der Waals surface area contributed by atoms with Gasteiger partial charge < -0.3 is 15.0 Å². The van der Waals surface area contributed by atoms with Gasteiger partial charge in [-0.05, 0) is 69.0 Å². The maximum absolute atomic E-state index is 12.6. The second-order valence-electron chi connectivity index (χ2n) is 6.04. The van der Waals surface area contributed by atoms with Crippen LogP contribution in [0.5, 0.6) is 5.75 Å². The van der Waals surface area contributed by atoms with E-state index in [1.165, 1.54) is 0 Å². The van der Waals surface area contributed by atoms with E-state index in [0.717, 1.165) is 18.8 Å². The number of nitrogens with one attached hydrogen (secondary N) is 2. The molecule has 2 aromatic rings. The van der Waals surface area contributed by atoms with Crippen molar-refractivity contribution in [2.45, 2.75) is 11.8 Å². The van der Waals surface area contributed by atoms with Crippen molar-refractivity contribution in [1.82, 2.24) is 4.90 Å². The first-order valence-electron chi connectivity index (χ1n) is 7.98. The minimum Gasteiger partial charge on any atom is -0.497 e. The van der Waals surface area contributed by atoms with E-state index < -0.39 is 10.0 Å². The van der Waals surface area contributed by atoms with Gasteiger partial charge in [-0.25, -0.2) is 8.42 Å². The molecule has 0 aliphatic heterocycles. The molecule has 0 radical (unpaired) electrons. The highest BCUT2D eigenvalue weighted by Gasteiger charge is 2.17. The molecule has 0 aliphatic rings. The molecule has 0 fully saturated rings. The average Bonchev–Trinajstić information content (AvgIpc) is 2.55. The molecule has 25 heavy (non-hydrogen) atoms. The second kappa shape index (κ2) is 8.22. The van der Waals surface area contributed by atoms with Crippen molar-refractivity contribution in [3.63, 3.8) is 0 Å². The van der Waals surface area contributed by atoms with Crippen LogP contribution in [0.15, 0.2) is 47.4 Å². The van der Waals surface area contributed by atoms with Crippen molar-refractivity contribution in [3.8, 4) is 5.75 Å². The van der Waals surface area contributed by atoms with E-state index in [1.807, 2.05) is 26.2 Å². The normalized spacial score (nSPS) is 11.4. The zero-order valence-electron chi connectivity index (χ0n) is 15.0. The predicted octanol–water partition coefficient (Wildman–Crippen LogP) is 2.78. The molecule has 6 nitrogen and oxygen atoms in total. The molecule has 0 aliphatic carbocycles. The summed E-state index contributed by atoms with van der Waals surface area (Å²) in [5.41, 5.74) is 2.10. The number of benzene rings is 2. The fraction of sp³-hybridized carbons (Fsp3) is 0.333. The standard InChI is InChI=1S/C18H25N3O3S/c1-14-13-17(24-4)9-10-18(14)25(22,23)20-16-7-5-15(6-8-16)19-11-12-21(2)3/h5-10,13,19-20H,11-12H2,1-4H3. The molecule has 2 N–H and O–H groups in total. The Balaban J connectivity index is 2.07. The molecule has 0 atom stereocenters. The first-order chi connectivity index (χ1) is 11.8. The molecular weight excluding hydrogens is 338 g/mol. The maximum atomic E-state index is 12.6. The molecule has 0 bridgehead atoms. The number of anilines is 2. The third kappa shape index (κ3) is 5.37. The lowest BCUT2D eigenvalue weighted by Gasteiger charge is -2.13. The van der Waals surface area contributed by atoms with E-state index in [-0.39, 0.29) is 4.90 Å². The first-order valence-corrected chi connectivity index (χ1v) is 9.46. The van der Waals surface area contributed by atoms with Crippen LogP contribution in [0.2, 0.25) is 0 Å². The monoisotopic (exact) mass is 363 g/mol. The third-order valence-electron chi connectivity index (χ3n) is 3.70. The van der Waals surface area contributed by atoms with Gasteiger partial charge in [-0.15, -0.1) is 0 Å². The largest absolute Gasteiger partial charge is 0.497 e. The number of methoxy groups -OCH3 is 1. The van der Waals surface area contributed by atoms with Crippen LogP contribution in [0.4, 0.5) is 11.4 Å². The quantitative estimate of drug-likeness (QED) is 0.755. The molecule has 2 rings (SSSR count). The highest BCUT2D eigenvalue weighted by atomic mass is 32.2. The summed E-state index contributed by atoms with van der Waals surface area (Å²) in [6.45, 7) is 3.49. The second-order valence-corrected chi connectivity index (χ2v) is 7.70. The molecule has 0 heterocycles. The number of rotatable bonds is 8. The van der Waals surface area contributed by atoms with Crippen molar-refractivity contribution < 1.29 is 13.2 Å². The lowest BCUT2D eigenvalue weighted by Crippen LogP contribution is -2.20. The molecular formula is C18H25N3O3S. The Morgan fingerprint density at radius 3 is 2.24 bits per heavy atom. The van der Waals surface area contributed by atoms with Crippen LogP contribution in [0.1, 0.15) is 5.56 Å².